The molecule has 3 heterocycles. The molecule has 0 saturated heterocycles. The molecule has 11 heteroatoms. The SMILES string of the molecule is O=C(Cc1csc(N2C(=O)c3ccccc3C2=O)n1)N1CCc2cc(S(=O)(=O)NC3CCCC3)ccc21. The number of hydrogen-bond donors (Lipinski definition) is 1. The van der Waals surface area contributed by atoms with E-state index in [1.165, 1.54) is 0 Å². The van der Waals surface area contributed by atoms with Gasteiger partial charge in [-0.2, -0.15) is 0 Å². The third kappa shape index (κ3) is 4.26. The zero-order valence-corrected chi connectivity index (χ0v) is 21.5. The summed E-state index contributed by atoms with van der Waals surface area (Å²) in [6.07, 6.45) is 4.35. The summed E-state index contributed by atoms with van der Waals surface area (Å²) in [7, 11) is -3.61. The van der Waals surface area contributed by atoms with Gasteiger partial charge in [0.2, 0.25) is 15.9 Å². The average Bonchev–Trinajstić information content (AvgIpc) is 3.67. The number of nitrogens with zero attached hydrogens (tertiary/aromatic N) is 3. The number of carbonyl (C=O) groups excluding carboxylic acids is 3. The van der Waals surface area contributed by atoms with Gasteiger partial charge < -0.3 is 4.90 Å². The molecule has 1 aromatic heterocycles. The minimum absolute atomic E-state index is 0.00238. The Morgan fingerprint density at radius 1 is 1.05 bits per heavy atom. The van der Waals surface area contributed by atoms with Crippen molar-refractivity contribution in [3.8, 4) is 0 Å². The standard InChI is InChI=1S/C26H24N4O5S2/c31-23(14-18-15-36-26(27-18)30-24(32)20-7-3-4-8-21(20)25(30)33)29-12-11-16-13-19(9-10-22(16)29)37(34,35)28-17-5-1-2-6-17/h3-4,7-10,13,15,17,28H,1-2,5-6,11-12,14H2. The van der Waals surface area contributed by atoms with E-state index in [1.807, 2.05) is 0 Å². The van der Waals surface area contributed by atoms with Gasteiger partial charge in [0, 0.05) is 23.7 Å². The Balaban J connectivity index is 1.16. The number of fused-ring (bicyclic) bond motifs is 2. The van der Waals surface area contributed by atoms with Crippen molar-refractivity contribution in [3.05, 3.63) is 70.2 Å². The summed E-state index contributed by atoms with van der Waals surface area (Å²) in [5, 5.41) is 1.92. The van der Waals surface area contributed by atoms with Crippen LogP contribution in [0.5, 0.6) is 0 Å². The van der Waals surface area contributed by atoms with Crippen LogP contribution >= 0.6 is 11.3 Å². The molecule has 37 heavy (non-hydrogen) atoms. The van der Waals surface area contributed by atoms with Crippen LogP contribution in [0, 0.1) is 0 Å². The molecule has 3 aliphatic rings. The predicted octanol–water partition coefficient (Wildman–Crippen LogP) is 3.30. The Morgan fingerprint density at radius 3 is 2.46 bits per heavy atom. The first kappa shape index (κ1) is 24.0. The summed E-state index contributed by atoms with van der Waals surface area (Å²) < 4.78 is 28.4. The van der Waals surface area contributed by atoms with E-state index >= 15 is 0 Å². The van der Waals surface area contributed by atoms with Gasteiger partial charge in [0.1, 0.15) is 0 Å². The van der Waals surface area contributed by atoms with Crippen molar-refractivity contribution >= 4 is 49.9 Å². The number of rotatable bonds is 6. The summed E-state index contributed by atoms with van der Waals surface area (Å²) in [5.74, 6) is -1.03. The van der Waals surface area contributed by atoms with Crippen molar-refractivity contribution in [2.75, 3.05) is 16.3 Å². The number of sulfonamides is 1. The Kier molecular flexibility index (Phi) is 5.93. The summed E-state index contributed by atoms with van der Waals surface area (Å²) in [6.45, 7) is 0.448. The monoisotopic (exact) mass is 536 g/mol. The van der Waals surface area contributed by atoms with Crippen molar-refractivity contribution < 1.29 is 22.8 Å². The van der Waals surface area contributed by atoms with Gasteiger partial charge in [0.05, 0.1) is 28.1 Å². The molecule has 2 aromatic carbocycles. The average molecular weight is 537 g/mol. The maximum Gasteiger partial charge on any atom is 0.268 e. The number of anilines is 2. The van der Waals surface area contributed by atoms with Crippen molar-refractivity contribution in [2.45, 2.75) is 49.5 Å². The van der Waals surface area contributed by atoms with E-state index in [-0.39, 0.29) is 28.4 Å². The minimum atomic E-state index is -3.61. The highest BCUT2D eigenvalue weighted by Crippen LogP contribution is 2.33. The van der Waals surface area contributed by atoms with Crippen LogP contribution in [0.15, 0.2) is 52.7 Å². The summed E-state index contributed by atoms with van der Waals surface area (Å²) in [5.41, 5.74) is 2.66. The molecule has 6 rings (SSSR count). The fourth-order valence-electron chi connectivity index (χ4n) is 5.23. The second kappa shape index (κ2) is 9.16. The van der Waals surface area contributed by atoms with Crippen LogP contribution in [0.25, 0.3) is 0 Å². The Labute approximate surface area is 218 Å². The van der Waals surface area contributed by atoms with Crippen molar-refractivity contribution in [3.63, 3.8) is 0 Å². The fraction of sp³-hybridized carbons (Fsp3) is 0.308. The van der Waals surface area contributed by atoms with Crippen LogP contribution in [-0.4, -0.2) is 43.7 Å². The Hall–Kier alpha value is -3.41. The first-order chi connectivity index (χ1) is 17.8. The molecule has 1 N–H and O–H groups in total. The summed E-state index contributed by atoms with van der Waals surface area (Å²) in [4.78, 5) is 45.9. The van der Waals surface area contributed by atoms with Gasteiger partial charge in [0.15, 0.2) is 5.13 Å². The topological polar surface area (TPSA) is 117 Å². The van der Waals surface area contributed by atoms with Crippen LogP contribution in [0.2, 0.25) is 0 Å². The smallest absolute Gasteiger partial charge is 0.268 e. The normalized spacial score (nSPS) is 17.5. The number of amides is 3. The number of thiazole rings is 1. The number of imide groups is 1. The number of aromatic nitrogens is 1. The van der Waals surface area contributed by atoms with Gasteiger partial charge >= 0.3 is 0 Å². The van der Waals surface area contributed by atoms with E-state index in [9.17, 15) is 22.8 Å². The Bertz CT molecular complexity index is 1510. The van der Waals surface area contributed by atoms with Gasteiger partial charge in [-0.15, -0.1) is 11.3 Å². The molecule has 1 saturated carbocycles. The molecule has 1 fully saturated rings. The third-order valence-electron chi connectivity index (χ3n) is 7.09. The molecule has 0 spiro atoms. The van der Waals surface area contributed by atoms with E-state index < -0.39 is 21.8 Å². The van der Waals surface area contributed by atoms with Crippen LogP contribution in [0.3, 0.4) is 0 Å². The lowest BCUT2D eigenvalue weighted by molar-refractivity contribution is -0.117. The highest BCUT2D eigenvalue weighted by atomic mass is 32.2. The molecular formula is C26H24N4O5S2. The molecule has 3 amide bonds. The van der Waals surface area contributed by atoms with Gasteiger partial charge in [-0.3, -0.25) is 14.4 Å². The second-order valence-electron chi connectivity index (χ2n) is 9.48. The number of benzene rings is 2. The molecule has 0 bridgehead atoms. The summed E-state index contributed by atoms with van der Waals surface area (Å²) >= 11 is 1.14. The maximum absolute atomic E-state index is 13.1. The highest BCUT2D eigenvalue weighted by Gasteiger charge is 2.38. The largest absolute Gasteiger partial charge is 0.311 e. The summed E-state index contributed by atoms with van der Waals surface area (Å²) in [6, 6.07) is 11.5. The fourth-order valence-corrected chi connectivity index (χ4v) is 7.40. The molecule has 1 aliphatic carbocycles. The minimum Gasteiger partial charge on any atom is -0.311 e. The lowest BCUT2D eigenvalue weighted by atomic mass is 10.1. The number of hydrogen-bond acceptors (Lipinski definition) is 7. The van der Waals surface area contributed by atoms with Crippen LogP contribution in [-0.2, 0) is 27.7 Å². The third-order valence-corrected chi connectivity index (χ3v) is 9.48. The molecule has 0 radical (unpaired) electrons. The van der Waals surface area contributed by atoms with Crippen molar-refractivity contribution in [2.24, 2.45) is 0 Å². The van der Waals surface area contributed by atoms with E-state index in [1.54, 1.807) is 52.7 Å². The van der Waals surface area contributed by atoms with E-state index in [0.717, 1.165) is 47.5 Å². The zero-order chi connectivity index (χ0) is 25.7. The highest BCUT2D eigenvalue weighted by molar-refractivity contribution is 7.89. The molecule has 190 valence electrons. The van der Waals surface area contributed by atoms with Crippen LogP contribution in [0.4, 0.5) is 10.8 Å². The van der Waals surface area contributed by atoms with E-state index in [4.69, 9.17) is 0 Å². The molecule has 3 aromatic rings. The molecule has 0 atom stereocenters. The van der Waals surface area contributed by atoms with Crippen LogP contribution in [0.1, 0.15) is 57.7 Å². The van der Waals surface area contributed by atoms with Crippen LogP contribution < -0.4 is 14.5 Å². The number of nitrogens with one attached hydrogen (secondary N) is 1. The second-order valence-corrected chi connectivity index (χ2v) is 12.0. The number of carbonyl (C=O) groups is 3. The van der Waals surface area contributed by atoms with Crippen molar-refractivity contribution in [1.29, 1.82) is 0 Å². The predicted molar refractivity (Wildman–Crippen MR) is 138 cm³/mol. The van der Waals surface area contributed by atoms with Gasteiger partial charge in [0.25, 0.3) is 11.8 Å². The van der Waals surface area contributed by atoms with Gasteiger partial charge in [-0.05, 0) is 55.2 Å². The molecule has 2 aliphatic heterocycles. The van der Waals surface area contributed by atoms with E-state index in [0.29, 0.717) is 35.5 Å². The van der Waals surface area contributed by atoms with Crippen molar-refractivity contribution in [1.82, 2.24) is 9.71 Å². The zero-order valence-electron chi connectivity index (χ0n) is 19.8. The molecular weight excluding hydrogens is 512 g/mol. The lowest BCUT2D eigenvalue weighted by Gasteiger charge is -2.18. The quantitative estimate of drug-likeness (QED) is 0.483. The van der Waals surface area contributed by atoms with E-state index in [2.05, 4.69) is 9.71 Å². The first-order valence-electron chi connectivity index (χ1n) is 12.2. The van der Waals surface area contributed by atoms with Gasteiger partial charge in [-0.1, -0.05) is 25.0 Å². The Morgan fingerprint density at radius 2 is 1.76 bits per heavy atom. The van der Waals surface area contributed by atoms with Gasteiger partial charge in [-0.25, -0.2) is 23.0 Å². The molecule has 9 nitrogen and oxygen atoms in total. The lowest BCUT2D eigenvalue weighted by Crippen LogP contribution is -2.32. The maximum atomic E-state index is 13.1. The first-order valence-corrected chi connectivity index (χ1v) is 14.6. The molecule has 0 unspecified atom stereocenters.